The third kappa shape index (κ3) is 3.02. The first kappa shape index (κ1) is 21.3. The first-order valence-electron chi connectivity index (χ1n) is 8.09. The minimum Gasteiger partial charge on any atom is -0.495 e. The van der Waals surface area contributed by atoms with Gasteiger partial charge in [-0.05, 0) is 12.5 Å². The molecule has 0 radical (unpaired) electrons. The van der Waals surface area contributed by atoms with E-state index in [-0.39, 0.29) is 76.5 Å². The average Bonchev–Trinajstić information content (AvgIpc) is 2.74. The molecule has 0 spiro atoms. The van der Waals surface area contributed by atoms with Gasteiger partial charge in [0.15, 0.2) is 37.7 Å². The van der Waals surface area contributed by atoms with Crippen LogP contribution in [0.15, 0.2) is 0 Å². The lowest BCUT2D eigenvalue weighted by molar-refractivity contribution is -0.138. The number of hydrogen-bond donors (Lipinski definition) is 1. The van der Waals surface area contributed by atoms with Crippen molar-refractivity contribution in [1.29, 1.82) is 0 Å². The van der Waals surface area contributed by atoms with Crippen molar-refractivity contribution in [1.82, 2.24) is 0 Å². The summed E-state index contributed by atoms with van der Waals surface area (Å²) in [4.78, 5) is 82.3. The van der Waals surface area contributed by atoms with Crippen LogP contribution in [0.3, 0.4) is 0 Å². The number of methoxy groups -OCH3 is 1. The highest BCUT2D eigenvalue weighted by atomic mass is 16.5. The molecule has 2 aromatic carbocycles. The van der Waals surface area contributed by atoms with Gasteiger partial charge >= 0.3 is 5.97 Å². The molecule has 0 unspecified atom stereocenters. The summed E-state index contributed by atoms with van der Waals surface area (Å²) >= 11 is 0. The number of hydrogen-bond acceptors (Lipinski definition) is 8. The Morgan fingerprint density at radius 3 is 1.52 bits per heavy atom. The van der Waals surface area contributed by atoms with Crippen LogP contribution in [0, 0.1) is 0 Å². The number of aldehydes is 6. The number of aliphatic carboxylic acids is 1. The lowest BCUT2D eigenvalue weighted by Crippen LogP contribution is -2.17. The second kappa shape index (κ2) is 8.34. The predicted octanol–water partition coefficient (Wildman–Crippen LogP) is 1.91. The zero-order valence-corrected chi connectivity index (χ0v) is 15.3. The van der Waals surface area contributed by atoms with E-state index in [2.05, 4.69) is 0 Å². The van der Waals surface area contributed by atoms with E-state index in [1.165, 1.54) is 6.92 Å². The van der Waals surface area contributed by atoms with Crippen molar-refractivity contribution in [3.8, 4) is 5.75 Å². The first-order valence-corrected chi connectivity index (χ1v) is 8.09. The fraction of sp³-hybridized carbons (Fsp3) is 0.150. The van der Waals surface area contributed by atoms with E-state index in [0.29, 0.717) is 0 Å². The molecule has 0 aliphatic heterocycles. The molecule has 0 saturated carbocycles. The Hall–Kier alpha value is -4.01. The summed E-state index contributed by atoms with van der Waals surface area (Å²) in [6, 6.07) is 0. The van der Waals surface area contributed by atoms with Crippen LogP contribution in [-0.4, -0.2) is 55.9 Å². The molecule has 1 atom stereocenters. The first-order chi connectivity index (χ1) is 13.9. The van der Waals surface area contributed by atoms with E-state index in [0.717, 1.165) is 7.11 Å². The molecule has 0 aromatic heterocycles. The molecule has 0 aliphatic carbocycles. The van der Waals surface area contributed by atoms with Crippen LogP contribution in [-0.2, 0) is 4.79 Å². The Morgan fingerprint density at radius 1 is 0.724 bits per heavy atom. The van der Waals surface area contributed by atoms with Crippen LogP contribution in [0.4, 0.5) is 0 Å². The SMILES string of the molecule is COc1c(C=O)c(C=O)c2c(C=O)c([C@H](C)C(=O)O)c(C=O)c(C=O)c2c1C=O. The van der Waals surface area contributed by atoms with Gasteiger partial charge in [0, 0.05) is 33.0 Å². The van der Waals surface area contributed by atoms with Crippen LogP contribution in [0.2, 0.25) is 0 Å². The Kier molecular flexibility index (Phi) is 6.12. The number of carboxylic acids is 1. The van der Waals surface area contributed by atoms with Crippen molar-refractivity contribution in [2.24, 2.45) is 0 Å². The van der Waals surface area contributed by atoms with E-state index in [1.54, 1.807) is 0 Å². The van der Waals surface area contributed by atoms with Gasteiger partial charge in [-0.1, -0.05) is 0 Å². The van der Waals surface area contributed by atoms with E-state index >= 15 is 0 Å². The lowest BCUT2D eigenvalue weighted by Gasteiger charge is -2.21. The summed E-state index contributed by atoms with van der Waals surface area (Å²) in [5.41, 5.74) is -2.57. The minimum atomic E-state index is -1.42. The molecule has 0 amide bonds. The molecular formula is C20H14O9. The van der Waals surface area contributed by atoms with Crippen molar-refractivity contribution in [2.75, 3.05) is 7.11 Å². The lowest BCUT2D eigenvalue weighted by atomic mass is 9.80. The maximum Gasteiger partial charge on any atom is 0.310 e. The van der Waals surface area contributed by atoms with Crippen molar-refractivity contribution < 1.29 is 43.4 Å². The Bertz CT molecular complexity index is 1100. The molecular weight excluding hydrogens is 384 g/mol. The number of carbonyl (C=O) groups is 7. The van der Waals surface area contributed by atoms with Crippen molar-refractivity contribution >= 4 is 54.5 Å². The summed E-state index contributed by atoms with van der Waals surface area (Å²) in [5, 5.41) is 8.86. The minimum absolute atomic E-state index is 0.195. The van der Waals surface area contributed by atoms with Gasteiger partial charge < -0.3 is 9.84 Å². The van der Waals surface area contributed by atoms with Gasteiger partial charge in [-0.2, -0.15) is 0 Å². The van der Waals surface area contributed by atoms with Gasteiger partial charge in [0.05, 0.1) is 24.2 Å². The number of ether oxygens (including phenoxy) is 1. The van der Waals surface area contributed by atoms with Gasteiger partial charge in [-0.15, -0.1) is 0 Å². The molecule has 2 aromatic rings. The molecule has 0 saturated heterocycles. The normalized spacial score (nSPS) is 11.4. The highest BCUT2D eigenvalue weighted by Gasteiger charge is 2.31. The number of rotatable bonds is 9. The zero-order valence-electron chi connectivity index (χ0n) is 15.3. The monoisotopic (exact) mass is 398 g/mol. The summed E-state index contributed by atoms with van der Waals surface area (Å²) in [6.07, 6.45) is 1.32. The molecule has 0 fully saturated rings. The van der Waals surface area contributed by atoms with Gasteiger partial charge in [0.25, 0.3) is 0 Å². The topological polar surface area (TPSA) is 149 Å². The predicted molar refractivity (Wildman–Crippen MR) is 98.9 cm³/mol. The molecule has 9 heteroatoms. The highest BCUT2D eigenvalue weighted by molar-refractivity contribution is 6.23. The smallest absolute Gasteiger partial charge is 0.310 e. The van der Waals surface area contributed by atoms with Crippen molar-refractivity contribution in [3.05, 3.63) is 38.9 Å². The largest absolute Gasteiger partial charge is 0.495 e. The van der Waals surface area contributed by atoms with Crippen molar-refractivity contribution in [2.45, 2.75) is 12.8 Å². The molecule has 148 valence electrons. The van der Waals surface area contributed by atoms with E-state index in [4.69, 9.17) is 4.74 Å². The van der Waals surface area contributed by atoms with Gasteiger partial charge in [-0.3, -0.25) is 33.6 Å². The van der Waals surface area contributed by atoms with E-state index in [9.17, 15) is 38.7 Å². The quantitative estimate of drug-likeness (QED) is 0.625. The number of carboxylic acid groups (broad SMARTS) is 1. The number of benzene rings is 2. The average molecular weight is 398 g/mol. The summed E-state index contributed by atoms with van der Waals surface area (Å²) < 4.78 is 5.06. The van der Waals surface area contributed by atoms with Crippen LogP contribution in [0.5, 0.6) is 5.75 Å². The highest BCUT2D eigenvalue weighted by Crippen LogP contribution is 2.41. The second-order valence-electron chi connectivity index (χ2n) is 5.95. The maximum absolute atomic E-state index is 11.9. The second-order valence-corrected chi connectivity index (χ2v) is 5.95. The van der Waals surface area contributed by atoms with Gasteiger partial charge in [-0.25, -0.2) is 0 Å². The summed E-state index contributed by atoms with van der Waals surface area (Å²) in [6.45, 7) is 1.18. The molecule has 0 heterocycles. The maximum atomic E-state index is 11.9. The zero-order chi connectivity index (χ0) is 21.9. The van der Waals surface area contributed by atoms with Crippen LogP contribution < -0.4 is 4.74 Å². The van der Waals surface area contributed by atoms with Crippen molar-refractivity contribution in [3.63, 3.8) is 0 Å². The fourth-order valence-electron chi connectivity index (χ4n) is 3.44. The Balaban J connectivity index is 3.49. The van der Waals surface area contributed by atoms with Crippen LogP contribution in [0.1, 0.15) is 80.6 Å². The number of carbonyl (C=O) groups excluding carboxylic acids is 6. The standard InChI is InChI=1S/C20H14O9/c1-9(20(27)28)16-10(3-21)11(4-22)18-15(8-26)19(29-2)13(6-24)12(5-23)17(18)14(16)7-25/h3-9H,1-2H3,(H,27,28)/t9-/m0/s1. The third-order valence-corrected chi connectivity index (χ3v) is 4.69. The van der Waals surface area contributed by atoms with Crippen LogP contribution >= 0.6 is 0 Å². The molecule has 2 rings (SSSR count). The Labute approximate surface area is 163 Å². The van der Waals surface area contributed by atoms with E-state index in [1.807, 2.05) is 0 Å². The van der Waals surface area contributed by atoms with E-state index < -0.39 is 28.6 Å². The summed E-state index contributed by atoms with van der Waals surface area (Å²) in [5.74, 6) is -3.14. The molecule has 9 nitrogen and oxygen atoms in total. The molecule has 1 N–H and O–H groups in total. The molecule has 29 heavy (non-hydrogen) atoms. The fourth-order valence-corrected chi connectivity index (χ4v) is 3.44. The Morgan fingerprint density at radius 2 is 1.14 bits per heavy atom. The van der Waals surface area contributed by atoms with Gasteiger partial charge in [0.1, 0.15) is 5.75 Å². The third-order valence-electron chi connectivity index (χ3n) is 4.69. The molecule has 0 bridgehead atoms. The van der Waals surface area contributed by atoms with Gasteiger partial charge in [0.2, 0.25) is 0 Å². The van der Waals surface area contributed by atoms with Crippen LogP contribution in [0.25, 0.3) is 10.8 Å². The molecule has 0 aliphatic rings. The number of fused-ring (bicyclic) bond motifs is 1. The summed E-state index contributed by atoms with van der Waals surface area (Å²) in [7, 11) is 1.12.